The summed E-state index contributed by atoms with van der Waals surface area (Å²) in [5.41, 5.74) is 2.63. The number of carbonyl (C=O) groups excluding carboxylic acids is 1. The molecule has 1 aromatic heterocycles. The number of sulfonamides is 1. The fraction of sp³-hybridized carbons (Fsp3) is 0.211. The molecule has 0 atom stereocenters. The molecule has 146 valence electrons. The van der Waals surface area contributed by atoms with Crippen LogP contribution in [0.5, 0.6) is 0 Å². The van der Waals surface area contributed by atoms with Crippen LogP contribution < -0.4 is 9.62 Å². The molecule has 1 heterocycles. The Bertz CT molecular complexity index is 1110. The highest BCUT2D eigenvalue weighted by molar-refractivity contribution is 7.92. The topological polar surface area (TPSA) is 105 Å². The number of hydrogen-bond donors (Lipinski definition) is 1. The van der Waals surface area contributed by atoms with E-state index < -0.39 is 10.0 Å². The molecular weight excluding hydrogens is 380 g/mol. The number of benzene rings is 2. The van der Waals surface area contributed by atoms with Gasteiger partial charge >= 0.3 is 0 Å². The second-order valence-electron chi connectivity index (χ2n) is 6.34. The maximum absolute atomic E-state index is 12.4. The van der Waals surface area contributed by atoms with Crippen LogP contribution in [0.3, 0.4) is 0 Å². The Labute approximate surface area is 163 Å². The van der Waals surface area contributed by atoms with Gasteiger partial charge in [-0.15, -0.1) is 0 Å². The molecule has 0 saturated heterocycles. The largest absolute Gasteiger partial charge is 0.343 e. The minimum atomic E-state index is -3.41. The Hall–Kier alpha value is -3.20. The van der Waals surface area contributed by atoms with Crippen molar-refractivity contribution in [3.63, 3.8) is 0 Å². The van der Waals surface area contributed by atoms with E-state index in [9.17, 15) is 13.2 Å². The maximum atomic E-state index is 12.4. The standard InChI is InChI=1S/C19H20N4O4S/c1-13-6-4-7-14(10-13)18-21-17(27-22-18)12-20-19(24)15-8-5-9-16(11-15)23(2)28(3,25)26/h4-11H,12H2,1-3H3,(H,20,24). The summed E-state index contributed by atoms with van der Waals surface area (Å²) < 4.78 is 29.6. The molecule has 0 aliphatic heterocycles. The SMILES string of the molecule is Cc1cccc(-c2noc(CNC(=O)c3cccc(N(C)S(C)(=O)=O)c3)n2)c1. The van der Waals surface area contributed by atoms with Gasteiger partial charge in [-0.05, 0) is 31.2 Å². The number of nitrogens with one attached hydrogen (secondary N) is 1. The highest BCUT2D eigenvalue weighted by Crippen LogP contribution is 2.18. The van der Waals surface area contributed by atoms with Crippen LogP contribution in [0.2, 0.25) is 0 Å². The Kier molecular flexibility index (Phi) is 5.46. The summed E-state index contributed by atoms with van der Waals surface area (Å²) in [6.45, 7) is 2.03. The lowest BCUT2D eigenvalue weighted by molar-refractivity contribution is 0.0946. The summed E-state index contributed by atoms with van der Waals surface area (Å²) in [4.78, 5) is 16.7. The minimum absolute atomic E-state index is 0.0593. The number of carbonyl (C=O) groups is 1. The van der Waals surface area contributed by atoms with Gasteiger partial charge in [0, 0.05) is 18.2 Å². The van der Waals surface area contributed by atoms with E-state index in [-0.39, 0.29) is 18.3 Å². The molecule has 28 heavy (non-hydrogen) atoms. The van der Waals surface area contributed by atoms with E-state index in [1.54, 1.807) is 18.2 Å². The van der Waals surface area contributed by atoms with Crippen LogP contribution in [-0.2, 0) is 16.6 Å². The maximum Gasteiger partial charge on any atom is 0.251 e. The monoisotopic (exact) mass is 400 g/mol. The number of anilines is 1. The minimum Gasteiger partial charge on any atom is -0.343 e. The van der Waals surface area contributed by atoms with E-state index in [1.807, 2.05) is 31.2 Å². The molecule has 0 aliphatic rings. The van der Waals surface area contributed by atoms with Crippen molar-refractivity contribution in [3.8, 4) is 11.4 Å². The first-order valence-electron chi connectivity index (χ1n) is 8.46. The van der Waals surface area contributed by atoms with E-state index in [4.69, 9.17) is 4.52 Å². The smallest absolute Gasteiger partial charge is 0.251 e. The Morgan fingerprint density at radius 2 is 1.93 bits per heavy atom. The molecule has 1 amide bonds. The van der Waals surface area contributed by atoms with Gasteiger partial charge in [-0.3, -0.25) is 9.10 Å². The molecule has 0 bridgehead atoms. The van der Waals surface area contributed by atoms with Crippen molar-refractivity contribution in [1.82, 2.24) is 15.5 Å². The fourth-order valence-corrected chi connectivity index (χ4v) is 3.02. The predicted octanol–water partition coefficient (Wildman–Crippen LogP) is 2.37. The molecule has 9 heteroatoms. The van der Waals surface area contributed by atoms with Crippen LogP contribution in [0.1, 0.15) is 21.8 Å². The van der Waals surface area contributed by atoms with Gasteiger partial charge in [-0.1, -0.05) is 35.0 Å². The number of aryl methyl sites for hydroxylation is 1. The van der Waals surface area contributed by atoms with Gasteiger partial charge in [0.05, 0.1) is 18.5 Å². The third-order valence-electron chi connectivity index (χ3n) is 4.11. The van der Waals surface area contributed by atoms with E-state index in [0.717, 1.165) is 21.7 Å². The van der Waals surface area contributed by atoms with E-state index in [2.05, 4.69) is 15.5 Å². The molecule has 1 N–H and O–H groups in total. The Balaban J connectivity index is 1.68. The van der Waals surface area contributed by atoms with Crippen molar-refractivity contribution in [3.05, 3.63) is 65.5 Å². The second-order valence-corrected chi connectivity index (χ2v) is 8.36. The third-order valence-corrected chi connectivity index (χ3v) is 5.32. The molecule has 0 unspecified atom stereocenters. The third kappa shape index (κ3) is 4.55. The van der Waals surface area contributed by atoms with Crippen molar-refractivity contribution in [2.24, 2.45) is 0 Å². The summed E-state index contributed by atoms with van der Waals surface area (Å²) >= 11 is 0. The van der Waals surface area contributed by atoms with Crippen LogP contribution >= 0.6 is 0 Å². The first-order chi connectivity index (χ1) is 13.2. The Morgan fingerprint density at radius 3 is 2.64 bits per heavy atom. The predicted molar refractivity (Wildman–Crippen MR) is 105 cm³/mol. The van der Waals surface area contributed by atoms with E-state index in [1.165, 1.54) is 13.1 Å². The van der Waals surface area contributed by atoms with Gasteiger partial charge in [-0.25, -0.2) is 8.42 Å². The molecule has 0 radical (unpaired) electrons. The highest BCUT2D eigenvalue weighted by Gasteiger charge is 2.15. The molecular formula is C19H20N4O4S. The van der Waals surface area contributed by atoms with Crippen LogP contribution in [0.4, 0.5) is 5.69 Å². The van der Waals surface area contributed by atoms with Crippen molar-refractivity contribution in [2.45, 2.75) is 13.5 Å². The summed E-state index contributed by atoms with van der Waals surface area (Å²) in [7, 11) is -1.98. The zero-order valence-electron chi connectivity index (χ0n) is 15.7. The lowest BCUT2D eigenvalue weighted by Gasteiger charge is -2.17. The first kappa shape index (κ1) is 19.6. The van der Waals surface area contributed by atoms with E-state index >= 15 is 0 Å². The molecule has 0 aliphatic carbocycles. The summed E-state index contributed by atoms with van der Waals surface area (Å²) in [6, 6.07) is 14.0. The van der Waals surface area contributed by atoms with Gasteiger partial charge in [0.25, 0.3) is 5.91 Å². The van der Waals surface area contributed by atoms with Crippen molar-refractivity contribution >= 4 is 21.6 Å². The highest BCUT2D eigenvalue weighted by atomic mass is 32.2. The van der Waals surface area contributed by atoms with Crippen LogP contribution in [0.25, 0.3) is 11.4 Å². The van der Waals surface area contributed by atoms with Gasteiger partial charge in [0.1, 0.15) is 0 Å². The molecule has 3 aromatic rings. The van der Waals surface area contributed by atoms with Crippen LogP contribution in [0.15, 0.2) is 53.1 Å². The van der Waals surface area contributed by atoms with Gasteiger partial charge in [0.2, 0.25) is 21.7 Å². The average Bonchev–Trinajstić information content (AvgIpc) is 3.14. The molecule has 3 rings (SSSR count). The van der Waals surface area contributed by atoms with Crippen LogP contribution in [-0.4, -0.2) is 37.8 Å². The van der Waals surface area contributed by atoms with Crippen molar-refractivity contribution in [1.29, 1.82) is 0 Å². The van der Waals surface area contributed by atoms with Crippen molar-refractivity contribution in [2.75, 3.05) is 17.6 Å². The quantitative estimate of drug-likeness (QED) is 0.681. The molecule has 0 fully saturated rings. The zero-order chi connectivity index (χ0) is 20.3. The van der Waals surface area contributed by atoms with Gasteiger partial charge < -0.3 is 9.84 Å². The number of rotatable bonds is 6. The molecule has 0 spiro atoms. The second kappa shape index (κ2) is 7.81. The first-order valence-corrected chi connectivity index (χ1v) is 10.3. The van der Waals surface area contributed by atoms with Crippen LogP contribution in [0, 0.1) is 6.92 Å². The van der Waals surface area contributed by atoms with E-state index in [0.29, 0.717) is 17.1 Å². The number of hydrogen-bond acceptors (Lipinski definition) is 6. The van der Waals surface area contributed by atoms with Crippen molar-refractivity contribution < 1.29 is 17.7 Å². The van der Waals surface area contributed by atoms with Gasteiger partial charge in [0.15, 0.2) is 0 Å². The van der Waals surface area contributed by atoms with Gasteiger partial charge in [-0.2, -0.15) is 4.98 Å². The Morgan fingerprint density at radius 1 is 1.18 bits per heavy atom. The number of amides is 1. The average molecular weight is 400 g/mol. The fourth-order valence-electron chi connectivity index (χ4n) is 2.52. The lowest BCUT2D eigenvalue weighted by atomic mass is 10.1. The summed E-state index contributed by atoms with van der Waals surface area (Å²) in [6.07, 6.45) is 1.10. The molecule has 8 nitrogen and oxygen atoms in total. The molecule has 0 saturated carbocycles. The zero-order valence-corrected chi connectivity index (χ0v) is 16.5. The molecule has 2 aromatic carbocycles. The number of aromatic nitrogens is 2. The summed E-state index contributed by atoms with van der Waals surface area (Å²) in [5.74, 6) is 0.345. The summed E-state index contributed by atoms with van der Waals surface area (Å²) in [5, 5.41) is 6.62. The normalized spacial score (nSPS) is 11.2. The lowest BCUT2D eigenvalue weighted by Crippen LogP contribution is -2.26. The number of nitrogens with zero attached hydrogens (tertiary/aromatic N) is 3.